The smallest absolute Gasteiger partial charge is 0.151 e. The predicted molar refractivity (Wildman–Crippen MR) is 108 cm³/mol. The highest BCUT2D eigenvalue weighted by atomic mass is 16.3. The Morgan fingerprint density at radius 1 is 1.21 bits per heavy atom. The van der Waals surface area contributed by atoms with Gasteiger partial charge in [0.2, 0.25) is 0 Å². The molecular formula is C21H24N6O. The lowest BCUT2D eigenvalue weighted by Gasteiger charge is -2.34. The van der Waals surface area contributed by atoms with Crippen molar-refractivity contribution in [3.63, 3.8) is 0 Å². The molecule has 5 rings (SSSR count). The van der Waals surface area contributed by atoms with Gasteiger partial charge in [-0.1, -0.05) is 0 Å². The number of anilines is 1. The van der Waals surface area contributed by atoms with Crippen LogP contribution in [-0.4, -0.2) is 50.0 Å². The van der Waals surface area contributed by atoms with Gasteiger partial charge >= 0.3 is 0 Å². The molecule has 2 N–H and O–H groups in total. The molecule has 2 fully saturated rings. The van der Waals surface area contributed by atoms with Crippen molar-refractivity contribution in [2.45, 2.75) is 31.3 Å². The van der Waals surface area contributed by atoms with E-state index in [4.69, 9.17) is 0 Å². The molecule has 0 spiro atoms. The first kappa shape index (κ1) is 17.2. The topological polar surface area (TPSA) is 79.1 Å². The maximum absolute atomic E-state index is 10.5. The standard InChI is InChI=1S/C21H24N6O/c1-21-10-14(12-23-21)18(11-21)26(2)20-6-5-17(24-25-20)16-4-3-15(9-19(16)28)27-8-7-22-13-27/h3-9,13-14,18,23,28H,10-12H2,1-2H3/t14-,18+,21-/m0/s1. The predicted octanol–water partition coefficient (Wildman–Crippen LogP) is 2.61. The first-order chi connectivity index (χ1) is 13.5. The second kappa shape index (κ2) is 6.31. The van der Waals surface area contributed by atoms with Crippen molar-refractivity contribution in [2.75, 3.05) is 18.5 Å². The van der Waals surface area contributed by atoms with E-state index in [1.807, 2.05) is 35.0 Å². The maximum atomic E-state index is 10.5. The van der Waals surface area contributed by atoms with Gasteiger partial charge in [0.25, 0.3) is 0 Å². The number of hydrogen-bond donors (Lipinski definition) is 2. The Balaban J connectivity index is 1.37. The molecule has 2 aromatic heterocycles. The Kier molecular flexibility index (Phi) is 3.87. The number of phenols is 1. The number of piperidine rings is 1. The van der Waals surface area contributed by atoms with Gasteiger partial charge in [-0.3, -0.25) is 0 Å². The largest absolute Gasteiger partial charge is 0.507 e. The third kappa shape index (κ3) is 2.82. The third-order valence-corrected chi connectivity index (χ3v) is 6.28. The van der Waals surface area contributed by atoms with Gasteiger partial charge < -0.3 is 19.9 Å². The normalized spacial score (nSPS) is 25.9. The molecule has 3 heterocycles. The van der Waals surface area contributed by atoms with E-state index in [-0.39, 0.29) is 11.3 Å². The van der Waals surface area contributed by atoms with Crippen LogP contribution in [0.15, 0.2) is 49.1 Å². The summed E-state index contributed by atoms with van der Waals surface area (Å²) < 4.78 is 1.85. The van der Waals surface area contributed by atoms with Crippen molar-refractivity contribution in [3.8, 4) is 22.7 Å². The Morgan fingerprint density at radius 2 is 2.11 bits per heavy atom. The van der Waals surface area contributed by atoms with E-state index in [9.17, 15) is 5.11 Å². The van der Waals surface area contributed by atoms with Gasteiger partial charge in [0.15, 0.2) is 5.82 Å². The van der Waals surface area contributed by atoms with Crippen LogP contribution in [0.5, 0.6) is 5.75 Å². The van der Waals surface area contributed by atoms with E-state index >= 15 is 0 Å². The quantitative estimate of drug-likeness (QED) is 0.729. The maximum Gasteiger partial charge on any atom is 0.151 e. The van der Waals surface area contributed by atoms with Gasteiger partial charge in [0, 0.05) is 49.2 Å². The Bertz CT molecular complexity index is 987. The number of rotatable bonds is 4. The fourth-order valence-electron chi connectivity index (χ4n) is 4.75. The zero-order valence-corrected chi connectivity index (χ0v) is 16.1. The highest BCUT2D eigenvalue weighted by Crippen LogP contribution is 2.42. The van der Waals surface area contributed by atoms with Gasteiger partial charge in [0.1, 0.15) is 5.75 Å². The number of imidazole rings is 1. The van der Waals surface area contributed by atoms with E-state index in [0.29, 0.717) is 23.2 Å². The van der Waals surface area contributed by atoms with E-state index in [1.165, 1.54) is 6.42 Å². The number of aromatic nitrogens is 4. The molecule has 7 nitrogen and oxygen atoms in total. The average Bonchev–Trinajstić information content (AvgIpc) is 3.43. The Morgan fingerprint density at radius 3 is 2.71 bits per heavy atom. The summed E-state index contributed by atoms with van der Waals surface area (Å²) in [6.07, 6.45) is 7.60. The summed E-state index contributed by atoms with van der Waals surface area (Å²) in [4.78, 5) is 6.30. The zero-order chi connectivity index (χ0) is 19.3. The molecule has 0 radical (unpaired) electrons. The molecule has 28 heavy (non-hydrogen) atoms. The van der Waals surface area contributed by atoms with Crippen molar-refractivity contribution in [3.05, 3.63) is 49.1 Å². The molecule has 1 saturated carbocycles. The number of phenolic OH excluding ortho intramolecular Hbond substituents is 1. The van der Waals surface area contributed by atoms with Gasteiger partial charge in [-0.15, -0.1) is 10.2 Å². The Labute approximate surface area is 164 Å². The SMILES string of the molecule is CN(c1ccc(-c2ccc(-n3ccnc3)cc2O)nn1)[C@@H]1C[C@]2(C)C[C@H]1CN2. The molecule has 2 aliphatic rings. The zero-order valence-electron chi connectivity index (χ0n) is 16.1. The van der Waals surface area contributed by atoms with Crippen LogP contribution in [0.1, 0.15) is 19.8 Å². The monoisotopic (exact) mass is 376 g/mol. The van der Waals surface area contributed by atoms with Crippen LogP contribution in [0, 0.1) is 5.92 Å². The first-order valence-corrected chi connectivity index (χ1v) is 9.66. The fraction of sp³-hybridized carbons (Fsp3) is 0.381. The van der Waals surface area contributed by atoms with Crippen LogP contribution in [0.2, 0.25) is 0 Å². The minimum atomic E-state index is 0.175. The van der Waals surface area contributed by atoms with Crippen LogP contribution in [0.25, 0.3) is 16.9 Å². The van der Waals surface area contributed by atoms with E-state index in [2.05, 4.69) is 39.4 Å². The average molecular weight is 376 g/mol. The van der Waals surface area contributed by atoms with Crippen molar-refractivity contribution < 1.29 is 5.11 Å². The fourth-order valence-corrected chi connectivity index (χ4v) is 4.75. The van der Waals surface area contributed by atoms with E-state index < -0.39 is 0 Å². The van der Waals surface area contributed by atoms with Gasteiger partial charge in [-0.05, 0) is 49.9 Å². The molecule has 1 aromatic carbocycles. The van der Waals surface area contributed by atoms with Crippen LogP contribution in [-0.2, 0) is 0 Å². The van der Waals surface area contributed by atoms with Gasteiger partial charge in [-0.2, -0.15) is 0 Å². The molecule has 3 atom stereocenters. The highest BCUT2D eigenvalue weighted by molar-refractivity contribution is 5.69. The second-order valence-corrected chi connectivity index (χ2v) is 8.24. The first-order valence-electron chi connectivity index (χ1n) is 9.66. The van der Waals surface area contributed by atoms with Crippen LogP contribution in [0.3, 0.4) is 0 Å². The lowest BCUT2D eigenvalue weighted by molar-refractivity contribution is 0.356. The summed E-state index contributed by atoms with van der Waals surface area (Å²) in [5.74, 6) is 1.71. The van der Waals surface area contributed by atoms with Crippen LogP contribution >= 0.6 is 0 Å². The van der Waals surface area contributed by atoms with E-state index in [0.717, 1.165) is 24.5 Å². The molecule has 2 bridgehead atoms. The minimum Gasteiger partial charge on any atom is -0.507 e. The lowest BCUT2D eigenvalue weighted by atomic mass is 9.99. The summed E-state index contributed by atoms with van der Waals surface area (Å²) in [5, 5.41) is 22.9. The van der Waals surface area contributed by atoms with Gasteiger partial charge in [-0.25, -0.2) is 4.98 Å². The minimum absolute atomic E-state index is 0.175. The highest BCUT2D eigenvalue weighted by Gasteiger charge is 2.49. The van der Waals surface area contributed by atoms with Crippen molar-refractivity contribution in [1.82, 2.24) is 25.1 Å². The number of nitrogens with zero attached hydrogens (tertiary/aromatic N) is 5. The van der Waals surface area contributed by atoms with Crippen LogP contribution < -0.4 is 10.2 Å². The molecule has 0 amide bonds. The number of fused-ring (bicyclic) bond motifs is 2. The molecule has 144 valence electrons. The number of benzene rings is 1. The molecular weight excluding hydrogens is 352 g/mol. The second-order valence-electron chi connectivity index (χ2n) is 8.24. The third-order valence-electron chi connectivity index (χ3n) is 6.28. The van der Waals surface area contributed by atoms with Crippen molar-refractivity contribution in [2.24, 2.45) is 5.92 Å². The van der Waals surface area contributed by atoms with Crippen LogP contribution in [0.4, 0.5) is 5.82 Å². The van der Waals surface area contributed by atoms with E-state index in [1.54, 1.807) is 18.6 Å². The molecule has 0 unspecified atom stereocenters. The number of nitrogens with one attached hydrogen (secondary N) is 1. The lowest BCUT2D eigenvalue weighted by Crippen LogP contribution is -2.47. The van der Waals surface area contributed by atoms with Gasteiger partial charge in [0.05, 0.1) is 17.7 Å². The molecule has 3 aromatic rings. The summed E-state index contributed by atoms with van der Waals surface area (Å²) >= 11 is 0. The summed E-state index contributed by atoms with van der Waals surface area (Å²) in [6, 6.07) is 9.92. The summed E-state index contributed by atoms with van der Waals surface area (Å²) in [5.41, 5.74) is 2.44. The molecule has 1 aliphatic carbocycles. The summed E-state index contributed by atoms with van der Waals surface area (Å²) in [6.45, 7) is 3.39. The number of aromatic hydroxyl groups is 1. The van der Waals surface area contributed by atoms with Crippen molar-refractivity contribution in [1.29, 1.82) is 0 Å². The molecule has 7 heteroatoms. The van der Waals surface area contributed by atoms with Crippen molar-refractivity contribution >= 4 is 5.82 Å². The molecule has 1 saturated heterocycles. The Hall–Kier alpha value is -2.93. The number of hydrogen-bond acceptors (Lipinski definition) is 6. The summed E-state index contributed by atoms with van der Waals surface area (Å²) in [7, 11) is 2.11. The molecule has 1 aliphatic heterocycles.